The first-order valence-electron chi connectivity index (χ1n) is 7.63. The monoisotopic (exact) mass is 390 g/mol. The molecule has 7 heteroatoms. The van der Waals surface area contributed by atoms with Gasteiger partial charge in [-0.1, -0.05) is 35.3 Å². The van der Waals surface area contributed by atoms with Crippen LogP contribution in [0.1, 0.15) is 11.3 Å². The second kappa shape index (κ2) is 8.17. The molecule has 1 heterocycles. The highest BCUT2D eigenvalue weighted by atomic mass is 35.5. The minimum atomic E-state index is -0.345. The van der Waals surface area contributed by atoms with Crippen LogP contribution in [-0.4, -0.2) is 12.1 Å². The lowest BCUT2D eigenvalue weighted by molar-refractivity contribution is -0.120. The molecule has 0 spiro atoms. The minimum absolute atomic E-state index is 0.101. The van der Waals surface area contributed by atoms with E-state index in [2.05, 4.69) is 10.5 Å². The lowest BCUT2D eigenvalue weighted by atomic mass is 10.1. The van der Waals surface area contributed by atoms with Gasteiger partial charge in [-0.3, -0.25) is 4.79 Å². The van der Waals surface area contributed by atoms with E-state index in [-0.39, 0.29) is 18.1 Å². The Bertz CT molecular complexity index is 952. The number of furan rings is 1. The number of hydrogen-bond donors (Lipinski definition) is 1. The van der Waals surface area contributed by atoms with Crippen LogP contribution in [0.2, 0.25) is 10.0 Å². The molecule has 3 rings (SSSR count). The van der Waals surface area contributed by atoms with Crippen LogP contribution >= 0.6 is 23.2 Å². The minimum Gasteiger partial charge on any atom is -0.455 e. The molecule has 0 fully saturated rings. The van der Waals surface area contributed by atoms with Crippen molar-refractivity contribution in [2.24, 2.45) is 5.10 Å². The second-order valence-corrected chi connectivity index (χ2v) is 6.24. The van der Waals surface area contributed by atoms with Crippen LogP contribution in [0.3, 0.4) is 0 Å². The molecule has 0 saturated heterocycles. The molecule has 0 aliphatic heterocycles. The van der Waals surface area contributed by atoms with Crippen LogP contribution in [0.4, 0.5) is 4.39 Å². The number of carbonyl (C=O) groups excluding carboxylic acids is 1. The molecule has 0 unspecified atom stereocenters. The molecule has 4 nitrogen and oxygen atoms in total. The molecule has 2 aromatic carbocycles. The highest BCUT2D eigenvalue weighted by Gasteiger charge is 2.07. The molecular formula is C19H13Cl2FN2O2. The van der Waals surface area contributed by atoms with E-state index in [1.54, 1.807) is 42.5 Å². The summed E-state index contributed by atoms with van der Waals surface area (Å²) in [6.45, 7) is 0. The molecule has 0 atom stereocenters. The van der Waals surface area contributed by atoms with E-state index < -0.39 is 0 Å². The third kappa shape index (κ3) is 4.71. The van der Waals surface area contributed by atoms with E-state index in [0.717, 1.165) is 5.56 Å². The molecule has 1 aromatic heterocycles. The maximum absolute atomic E-state index is 12.8. The highest BCUT2D eigenvalue weighted by molar-refractivity contribution is 6.42. The summed E-state index contributed by atoms with van der Waals surface area (Å²) in [5.41, 5.74) is 3.87. The third-order valence-electron chi connectivity index (χ3n) is 3.49. The van der Waals surface area contributed by atoms with Gasteiger partial charge >= 0.3 is 0 Å². The number of halogens is 3. The summed E-state index contributed by atoms with van der Waals surface area (Å²) in [5, 5.41) is 4.75. The quantitative estimate of drug-likeness (QED) is 0.487. The van der Waals surface area contributed by atoms with E-state index in [1.165, 1.54) is 18.3 Å². The zero-order valence-electron chi connectivity index (χ0n) is 13.4. The van der Waals surface area contributed by atoms with Crippen LogP contribution < -0.4 is 5.43 Å². The maximum Gasteiger partial charge on any atom is 0.244 e. The van der Waals surface area contributed by atoms with Crippen LogP contribution in [0, 0.1) is 5.82 Å². The van der Waals surface area contributed by atoms with Gasteiger partial charge in [-0.25, -0.2) is 9.82 Å². The van der Waals surface area contributed by atoms with Crippen LogP contribution in [0.5, 0.6) is 0 Å². The Morgan fingerprint density at radius 2 is 1.85 bits per heavy atom. The van der Waals surface area contributed by atoms with Crippen molar-refractivity contribution in [1.29, 1.82) is 0 Å². The van der Waals surface area contributed by atoms with Gasteiger partial charge < -0.3 is 4.42 Å². The summed E-state index contributed by atoms with van der Waals surface area (Å²) in [5.74, 6) is 0.405. The van der Waals surface area contributed by atoms with Gasteiger partial charge in [0, 0.05) is 5.56 Å². The van der Waals surface area contributed by atoms with E-state index in [0.29, 0.717) is 27.1 Å². The van der Waals surface area contributed by atoms with Gasteiger partial charge in [-0.15, -0.1) is 0 Å². The van der Waals surface area contributed by atoms with E-state index in [9.17, 15) is 9.18 Å². The van der Waals surface area contributed by atoms with Crippen molar-refractivity contribution in [3.63, 3.8) is 0 Å². The average Bonchev–Trinajstić information content (AvgIpc) is 3.08. The molecule has 0 bridgehead atoms. The number of carbonyl (C=O) groups is 1. The SMILES string of the molecule is O=C(Cc1ccc(F)cc1)N/N=C\c1ccc(-c2ccc(Cl)c(Cl)c2)o1. The molecule has 1 amide bonds. The van der Waals surface area contributed by atoms with E-state index in [1.807, 2.05) is 0 Å². The predicted octanol–water partition coefficient (Wildman–Crippen LogP) is 5.09. The van der Waals surface area contributed by atoms with Crippen LogP contribution in [-0.2, 0) is 11.2 Å². The van der Waals surface area contributed by atoms with Crippen LogP contribution in [0.15, 0.2) is 64.1 Å². The Labute approximate surface area is 159 Å². The summed E-state index contributed by atoms with van der Waals surface area (Å²) in [7, 11) is 0. The van der Waals surface area contributed by atoms with Gasteiger partial charge in [0.2, 0.25) is 5.91 Å². The predicted molar refractivity (Wildman–Crippen MR) is 100 cm³/mol. The maximum atomic E-state index is 12.8. The first-order valence-corrected chi connectivity index (χ1v) is 8.38. The summed E-state index contributed by atoms with van der Waals surface area (Å²) in [4.78, 5) is 11.8. The van der Waals surface area contributed by atoms with Gasteiger partial charge in [-0.2, -0.15) is 5.10 Å². The van der Waals surface area contributed by atoms with Crippen molar-refractivity contribution in [3.05, 3.63) is 81.8 Å². The van der Waals surface area contributed by atoms with Crippen molar-refractivity contribution < 1.29 is 13.6 Å². The number of nitrogens with zero attached hydrogens (tertiary/aromatic N) is 1. The topological polar surface area (TPSA) is 54.6 Å². The number of nitrogens with one attached hydrogen (secondary N) is 1. The Morgan fingerprint density at radius 3 is 2.58 bits per heavy atom. The molecular weight excluding hydrogens is 378 g/mol. The van der Waals surface area contributed by atoms with Crippen molar-refractivity contribution in [3.8, 4) is 11.3 Å². The van der Waals surface area contributed by atoms with Gasteiger partial charge in [-0.05, 0) is 48.0 Å². The molecule has 1 N–H and O–H groups in total. The smallest absolute Gasteiger partial charge is 0.244 e. The van der Waals surface area contributed by atoms with Crippen molar-refractivity contribution in [2.45, 2.75) is 6.42 Å². The fourth-order valence-electron chi connectivity index (χ4n) is 2.22. The zero-order valence-corrected chi connectivity index (χ0v) is 14.9. The molecule has 0 aliphatic carbocycles. The fourth-order valence-corrected chi connectivity index (χ4v) is 2.52. The van der Waals surface area contributed by atoms with Gasteiger partial charge in [0.25, 0.3) is 0 Å². The van der Waals surface area contributed by atoms with Crippen molar-refractivity contribution in [2.75, 3.05) is 0 Å². The Balaban J connectivity index is 1.59. The van der Waals surface area contributed by atoms with Crippen molar-refractivity contribution >= 4 is 35.3 Å². The summed E-state index contributed by atoms with van der Waals surface area (Å²) in [6.07, 6.45) is 1.49. The number of hydrogen-bond acceptors (Lipinski definition) is 3. The first kappa shape index (κ1) is 18.2. The van der Waals surface area contributed by atoms with E-state index >= 15 is 0 Å². The number of hydrazone groups is 1. The normalized spacial score (nSPS) is 11.0. The summed E-state index contributed by atoms with van der Waals surface area (Å²) < 4.78 is 18.5. The third-order valence-corrected chi connectivity index (χ3v) is 4.23. The number of amides is 1. The van der Waals surface area contributed by atoms with E-state index in [4.69, 9.17) is 27.6 Å². The van der Waals surface area contributed by atoms with Crippen molar-refractivity contribution in [1.82, 2.24) is 5.43 Å². The molecule has 3 aromatic rings. The standard InChI is InChI=1S/C19H13Cl2FN2O2/c20-16-7-3-13(10-17(16)21)18-8-6-15(26-18)11-23-24-19(25)9-12-1-4-14(22)5-2-12/h1-8,10-11H,9H2,(H,24,25)/b23-11-. The molecule has 132 valence electrons. The molecule has 26 heavy (non-hydrogen) atoms. The Kier molecular flexibility index (Phi) is 5.71. The van der Waals surface area contributed by atoms with Gasteiger partial charge in [0.15, 0.2) is 0 Å². The first-order chi connectivity index (χ1) is 12.5. The second-order valence-electron chi connectivity index (χ2n) is 5.43. The zero-order chi connectivity index (χ0) is 18.5. The van der Waals surface area contributed by atoms with Gasteiger partial charge in [0.05, 0.1) is 22.7 Å². The van der Waals surface area contributed by atoms with Crippen LogP contribution in [0.25, 0.3) is 11.3 Å². The number of rotatable bonds is 5. The molecule has 0 aliphatic rings. The van der Waals surface area contributed by atoms with Gasteiger partial charge in [0.1, 0.15) is 17.3 Å². The summed E-state index contributed by atoms with van der Waals surface area (Å²) >= 11 is 11.9. The molecule has 0 radical (unpaired) electrons. The fraction of sp³-hybridized carbons (Fsp3) is 0.0526. The lowest BCUT2D eigenvalue weighted by Gasteiger charge is -2.00. The Morgan fingerprint density at radius 1 is 1.08 bits per heavy atom. The highest BCUT2D eigenvalue weighted by Crippen LogP contribution is 2.29. The molecule has 0 saturated carbocycles. The lowest BCUT2D eigenvalue weighted by Crippen LogP contribution is -2.19. The Hall–Kier alpha value is -2.63. The average molecular weight is 391 g/mol. The number of benzene rings is 2. The largest absolute Gasteiger partial charge is 0.455 e. The summed E-state index contributed by atoms with van der Waals surface area (Å²) in [6, 6.07) is 14.4.